The number of hydrogen-bond donors (Lipinski definition) is 0. The van der Waals surface area contributed by atoms with Crippen LogP contribution < -0.4 is 0 Å². The van der Waals surface area contributed by atoms with Gasteiger partial charge in [0, 0.05) is 13.6 Å². The molecule has 1 saturated carbocycles. The van der Waals surface area contributed by atoms with E-state index in [0.717, 1.165) is 6.42 Å². The molecule has 0 heterocycles. The highest BCUT2D eigenvalue weighted by atomic mass is 32.2. The van der Waals surface area contributed by atoms with Crippen molar-refractivity contribution in [2.24, 2.45) is 11.8 Å². The molecule has 0 radical (unpaired) electrons. The van der Waals surface area contributed by atoms with Gasteiger partial charge in [-0.25, -0.2) is 17.1 Å². The van der Waals surface area contributed by atoms with Crippen LogP contribution in [0, 0.1) is 17.7 Å². The fourth-order valence-corrected chi connectivity index (χ4v) is 3.10. The first-order chi connectivity index (χ1) is 7.91. The summed E-state index contributed by atoms with van der Waals surface area (Å²) in [4.78, 5) is 0.148. The maximum atomic E-state index is 12.7. The highest BCUT2D eigenvalue weighted by Crippen LogP contribution is 2.38. The summed E-state index contributed by atoms with van der Waals surface area (Å²) in [6, 6.07) is 4.94. The van der Waals surface area contributed by atoms with E-state index in [9.17, 15) is 12.8 Å². The van der Waals surface area contributed by atoms with Crippen LogP contribution in [0.1, 0.15) is 13.3 Å². The van der Waals surface area contributed by atoms with Crippen LogP contribution in [0.25, 0.3) is 0 Å². The van der Waals surface area contributed by atoms with Gasteiger partial charge in [0.2, 0.25) is 10.0 Å². The number of benzene rings is 1. The third-order valence-corrected chi connectivity index (χ3v) is 5.13. The van der Waals surface area contributed by atoms with Gasteiger partial charge >= 0.3 is 0 Å². The smallest absolute Gasteiger partial charge is 0.207 e. The van der Waals surface area contributed by atoms with Crippen molar-refractivity contribution in [1.29, 1.82) is 0 Å². The molecule has 0 amide bonds. The average molecular weight is 257 g/mol. The summed E-state index contributed by atoms with van der Waals surface area (Å²) < 4.78 is 38.3. The summed E-state index contributed by atoms with van der Waals surface area (Å²) in [5.74, 6) is 0.651. The molecular formula is C12H16FNO2S. The summed E-state index contributed by atoms with van der Waals surface area (Å²) in [5, 5.41) is 0. The molecule has 1 aromatic carbocycles. The fourth-order valence-electron chi connectivity index (χ4n) is 1.87. The zero-order valence-corrected chi connectivity index (χ0v) is 10.7. The first-order valence-corrected chi connectivity index (χ1v) is 7.07. The van der Waals surface area contributed by atoms with Crippen LogP contribution in [0.2, 0.25) is 0 Å². The summed E-state index contributed by atoms with van der Waals surface area (Å²) in [6.07, 6.45) is 1.09. The minimum Gasteiger partial charge on any atom is -0.207 e. The van der Waals surface area contributed by atoms with Gasteiger partial charge in [0.25, 0.3) is 0 Å². The van der Waals surface area contributed by atoms with Gasteiger partial charge in [0.1, 0.15) is 5.82 Å². The van der Waals surface area contributed by atoms with Crippen molar-refractivity contribution in [3.63, 3.8) is 0 Å². The van der Waals surface area contributed by atoms with Crippen molar-refractivity contribution in [3.8, 4) is 0 Å². The van der Waals surface area contributed by atoms with Crippen molar-refractivity contribution in [2.45, 2.75) is 18.2 Å². The first-order valence-electron chi connectivity index (χ1n) is 5.63. The number of nitrogens with zero attached hydrogens (tertiary/aromatic N) is 1. The SMILES string of the molecule is CC1CC1CN(C)S(=O)(=O)c1ccc(F)cc1. The molecule has 2 atom stereocenters. The van der Waals surface area contributed by atoms with Crippen LogP contribution in [-0.4, -0.2) is 26.3 Å². The Morgan fingerprint density at radius 1 is 1.35 bits per heavy atom. The van der Waals surface area contributed by atoms with E-state index in [2.05, 4.69) is 6.92 Å². The lowest BCUT2D eigenvalue weighted by molar-refractivity contribution is 0.444. The topological polar surface area (TPSA) is 37.4 Å². The molecular weight excluding hydrogens is 241 g/mol. The van der Waals surface area contributed by atoms with Gasteiger partial charge < -0.3 is 0 Å². The average Bonchev–Trinajstić information content (AvgIpc) is 2.94. The van der Waals surface area contributed by atoms with Crippen molar-refractivity contribution < 1.29 is 12.8 Å². The Balaban J connectivity index is 2.14. The molecule has 94 valence electrons. The molecule has 1 fully saturated rings. The molecule has 0 aromatic heterocycles. The standard InChI is InChI=1S/C12H16FNO2S/c1-9-7-10(9)8-14(2)17(15,16)12-5-3-11(13)4-6-12/h3-6,9-10H,7-8H2,1-2H3. The summed E-state index contributed by atoms with van der Waals surface area (Å²) in [5.41, 5.74) is 0. The molecule has 2 unspecified atom stereocenters. The Bertz CT molecular complexity index is 498. The van der Waals surface area contributed by atoms with Gasteiger partial charge in [0.05, 0.1) is 4.90 Å². The van der Waals surface area contributed by atoms with Gasteiger partial charge in [-0.3, -0.25) is 0 Å². The molecule has 5 heteroatoms. The molecule has 0 saturated heterocycles. The number of rotatable bonds is 4. The lowest BCUT2D eigenvalue weighted by Crippen LogP contribution is -2.29. The molecule has 1 aromatic rings. The molecule has 2 rings (SSSR count). The Labute approximate surface area is 101 Å². The second-order valence-electron chi connectivity index (χ2n) is 4.71. The Kier molecular flexibility index (Phi) is 3.23. The van der Waals surface area contributed by atoms with E-state index >= 15 is 0 Å². The Morgan fingerprint density at radius 3 is 2.35 bits per heavy atom. The Hall–Kier alpha value is -0.940. The molecule has 17 heavy (non-hydrogen) atoms. The highest BCUT2D eigenvalue weighted by molar-refractivity contribution is 7.89. The zero-order chi connectivity index (χ0) is 12.6. The molecule has 3 nitrogen and oxygen atoms in total. The molecule has 1 aliphatic carbocycles. The summed E-state index contributed by atoms with van der Waals surface area (Å²) in [7, 11) is -1.89. The van der Waals surface area contributed by atoms with Gasteiger partial charge in [-0.05, 0) is 42.5 Å². The van der Waals surface area contributed by atoms with Crippen molar-refractivity contribution in [2.75, 3.05) is 13.6 Å². The van der Waals surface area contributed by atoms with E-state index in [4.69, 9.17) is 0 Å². The van der Waals surface area contributed by atoms with Crippen molar-refractivity contribution >= 4 is 10.0 Å². The van der Waals surface area contributed by atoms with E-state index in [1.807, 2.05) is 0 Å². The molecule has 0 N–H and O–H groups in total. The molecule has 0 aliphatic heterocycles. The maximum Gasteiger partial charge on any atom is 0.242 e. The van der Waals surface area contributed by atoms with Crippen molar-refractivity contribution in [3.05, 3.63) is 30.1 Å². The van der Waals surface area contributed by atoms with E-state index in [1.54, 1.807) is 7.05 Å². The maximum absolute atomic E-state index is 12.7. The van der Waals surface area contributed by atoms with Gasteiger partial charge in [-0.2, -0.15) is 0 Å². The van der Waals surface area contributed by atoms with Crippen LogP contribution in [0.4, 0.5) is 4.39 Å². The second kappa shape index (κ2) is 4.38. The van der Waals surface area contributed by atoms with Crippen LogP contribution >= 0.6 is 0 Å². The normalized spacial score (nSPS) is 24.0. The lowest BCUT2D eigenvalue weighted by atomic mass is 10.3. The number of hydrogen-bond acceptors (Lipinski definition) is 2. The molecule has 0 bridgehead atoms. The number of halogens is 1. The van der Waals surface area contributed by atoms with Gasteiger partial charge in [-0.1, -0.05) is 6.92 Å². The lowest BCUT2D eigenvalue weighted by Gasteiger charge is -2.16. The quantitative estimate of drug-likeness (QED) is 0.828. The molecule has 0 spiro atoms. The number of sulfonamides is 1. The van der Waals surface area contributed by atoms with Gasteiger partial charge in [-0.15, -0.1) is 0 Å². The predicted molar refractivity (Wildman–Crippen MR) is 63.5 cm³/mol. The first kappa shape index (κ1) is 12.5. The second-order valence-corrected chi connectivity index (χ2v) is 6.76. The van der Waals surface area contributed by atoms with E-state index in [1.165, 1.54) is 28.6 Å². The Morgan fingerprint density at radius 2 is 1.88 bits per heavy atom. The largest absolute Gasteiger partial charge is 0.242 e. The van der Waals surface area contributed by atoms with Crippen molar-refractivity contribution in [1.82, 2.24) is 4.31 Å². The summed E-state index contributed by atoms with van der Waals surface area (Å²) >= 11 is 0. The monoisotopic (exact) mass is 257 g/mol. The van der Waals surface area contributed by atoms with Crippen LogP contribution in [0.15, 0.2) is 29.2 Å². The minimum absolute atomic E-state index is 0.148. The zero-order valence-electron chi connectivity index (χ0n) is 9.93. The minimum atomic E-state index is -3.47. The third kappa shape index (κ3) is 2.66. The van der Waals surface area contributed by atoms with E-state index in [-0.39, 0.29) is 4.90 Å². The molecule has 1 aliphatic rings. The predicted octanol–water partition coefficient (Wildman–Crippen LogP) is 2.10. The van der Waals surface area contributed by atoms with Crippen LogP contribution in [-0.2, 0) is 10.0 Å². The van der Waals surface area contributed by atoms with Crippen LogP contribution in [0.3, 0.4) is 0 Å². The van der Waals surface area contributed by atoms with E-state index < -0.39 is 15.8 Å². The van der Waals surface area contributed by atoms with Crippen LogP contribution in [0.5, 0.6) is 0 Å². The summed E-state index contributed by atoms with van der Waals surface area (Å²) in [6.45, 7) is 2.66. The highest BCUT2D eigenvalue weighted by Gasteiger charge is 2.36. The fraction of sp³-hybridized carbons (Fsp3) is 0.500. The van der Waals surface area contributed by atoms with Gasteiger partial charge in [0.15, 0.2) is 0 Å². The van der Waals surface area contributed by atoms with E-state index in [0.29, 0.717) is 18.4 Å². The third-order valence-electron chi connectivity index (χ3n) is 3.29.